The number of aromatic nitrogens is 3. The van der Waals surface area contributed by atoms with Gasteiger partial charge in [0.15, 0.2) is 10.0 Å². The van der Waals surface area contributed by atoms with Gasteiger partial charge in [0.1, 0.15) is 5.76 Å². The van der Waals surface area contributed by atoms with Gasteiger partial charge >= 0.3 is 0 Å². The van der Waals surface area contributed by atoms with Crippen LogP contribution in [0.2, 0.25) is 0 Å². The Morgan fingerprint density at radius 2 is 2.03 bits per heavy atom. The van der Waals surface area contributed by atoms with E-state index in [1.165, 1.54) is 23.1 Å². The van der Waals surface area contributed by atoms with Crippen molar-refractivity contribution in [2.45, 2.75) is 36.9 Å². The summed E-state index contributed by atoms with van der Waals surface area (Å²) in [7, 11) is 0. The summed E-state index contributed by atoms with van der Waals surface area (Å²) in [6.45, 7) is 3.97. The SMILES string of the molecule is Cc1ccc(NC(=O)CSc2nnc(NC(=O)c3cc(C4CC4)on3)s2)c(C)c1. The van der Waals surface area contributed by atoms with Crippen molar-refractivity contribution >= 4 is 45.7 Å². The van der Waals surface area contributed by atoms with E-state index < -0.39 is 0 Å². The standard InChI is InChI=1S/C19H19N5O3S2/c1-10-3-6-13(11(2)7-10)20-16(25)9-28-19-23-22-18(29-19)21-17(26)14-8-15(27-24-14)12-4-5-12/h3,6-8,12H,4-5,9H2,1-2H3,(H,20,25)(H,21,22,26). The van der Waals surface area contributed by atoms with Crippen LogP contribution < -0.4 is 10.6 Å². The largest absolute Gasteiger partial charge is 0.360 e. The molecule has 3 aromatic rings. The molecule has 4 rings (SSSR count). The van der Waals surface area contributed by atoms with Gasteiger partial charge in [-0.25, -0.2) is 0 Å². The quantitative estimate of drug-likeness (QED) is 0.431. The molecule has 150 valence electrons. The van der Waals surface area contributed by atoms with Gasteiger partial charge in [-0.2, -0.15) is 0 Å². The number of carbonyl (C=O) groups excluding carboxylic acids is 2. The minimum Gasteiger partial charge on any atom is -0.360 e. The van der Waals surface area contributed by atoms with Crippen LogP contribution in [-0.2, 0) is 4.79 Å². The Kier molecular flexibility index (Phi) is 5.63. The van der Waals surface area contributed by atoms with E-state index in [0.29, 0.717) is 15.4 Å². The Balaban J connectivity index is 1.28. The number of anilines is 2. The molecule has 0 saturated heterocycles. The fraction of sp³-hybridized carbons (Fsp3) is 0.316. The summed E-state index contributed by atoms with van der Waals surface area (Å²) in [5, 5.41) is 17.7. The predicted octanol–water partition coefficient (Wildman–Crippen LogP) is 4.00. The molecule has 0 spiro atoms. The molecule has 8 nitrogen and oxygen atoms in total. The maximum absolute atomic E-state index is 12.2. The second-order valence-electron chi connectivity index (χ2n) is 6.87. The smallest absolute Gasteiger partial charge is 0.279 e. The van der Waals surface area contributed by atoms with Crippen LogP contribution in [-0.4, -0.2) is 32.9 Å². The molecule has 2 heterocycles. The lowest BCUT2D eigenvalue weighted by molar-refractivity contribution is -0.113. The van der Waals surface area contributed by atoms with E-state index in [2.05, 4.69) is 26.0 Å². The van der Waals surface area contributed by atoms with Gasteiger partial charge in [0, 0.05) is 17.7 Å². The number of hydrogen-bond acceptors (Lipinski definition) is 8. The molecule has 0 atom stereocenters. The minimum absolute atomic E-state index is 0.127. The van der Waals surface area contributed by atoms with Crippen molar-refractivity contribution < 1.29 is 14.1 Å². The van der Waals surface area contributed by atoms with Crippen LogP contribution in [0.25, 0.3) is 0 Å². The van der Waals surface area contributed by atoms with Crippen LogP contribution in [0.5, 0.6) is 0 Å². The van der Waals surface area contributed by atoms with Gasteiger partial charge in [-0.05, 0) is 38.3 Å². The number of rotatable bonds is 7. The molecule has 0 radical (unpaired) electrons. The molecule has 1 saturated carbocycles. The third-order valence-corrected chi connectivity index (χ3v) is 6.32. The van der Waals surface area contributed by atoms with Crippen LogP contribution in [0, 0.1) is 13.8 Å². The summed E-state index contributed by atoms with van der Waals surface area (Å²) < 4.78 is 5.78. The number of benzene rings is 1. The Bertz CT molecular complexity index is 1060. The molecule has 0 unspecified atom stereocenters. The van der Waals surface area contributed by atoms with Crippen molar-refractivity contribution in [3.63, 3.8) is 0 Å². The fourth-order valence-corrected chi connectivity index (χ4v) is 4.25. The van der Waals surface area contributed by atoms with E-state index in [1.807, 2.05) is 32.0 Å². The maximum Gasteiger partial charge on any atom is 0.279 e. The highest BCUT2D eigenvalue weighted by Gasteiger charge is 2.29. The lowest BCUT2D eigenvalue weighted by Gasteiger charge is -2.08. The van der Waals surface area contributed by atoms with Crippen molar-refractivity contribution in [2.24, 2.45) is 0 Å². The zero-order valence-corrected chi connectivity index (χ0v) is 17.5. The summed E-state index contributed by atoms with van der Waals surface area (Å²) in [5.41, 5.74) is 3.18. The first-order valence-corrected chi connectivity index (χ1v) is 10.9. The molecule has 1 aromatic carbocycles. The highest BCUT2D eigenvalue weighted by atomic mass is 32.2. The summed E-state index contributed by atoms with van der Waals surface area (Å²) in [5.74, 6) is 0.824. The highest BCUT2D eigenvalue weighted by molar-refractivity contribution is 8.01. The lowest BCUT2D eigenvalue weighted by atomic mass is 10.1. The number of hydrogen-bond donors (Lipinski definition) is 2. The molecular formula is C19H19N5O3S2. The average molecular weight is 430 g/mol. The number of aryl methyl sites for hydroxylation is 2. The topological polar surface area (TPSA) is 110 Å². The van der Waals surface area contributed by atoms with Gasteiger partial charge in [-0.3, -0.25) is 14.9 Å². The molecule has 1 fully saturated rings. The molecule has 29 heavy (non-hydrogen) atoms. The number of amides is 2. The fourth-order valence-electron chi connectivity index (χ4n) is 2.70. The minimum atomic E-state index is -0.388. The number of carbonyl (C=O) groups is 2. The Labute approximate surface area is 175 Å². The predicted molar refractivity (Wildman–Crippen MR) is 112 cm³/mol. The van der Waals surface area contributed by atoms with E-state index in [-0.39, 0.29) is 23.3 Å². The Morgan fingerprint density at radius 1 is 1.21 bits per heavy atom. The number of nitrogens with one attached hydrogen (secondary N) is 2. The maximum atomic E-state index is 12.2. The van der Waals surface area contributed by atoms with E-state index >= 15 is 0 Å². The normalized spacial score (nSPS) is 13.3. The van der Waals surface area contributed by atoms with Gasteiger partial charge in [-0.1, -0.05) is 46.0 Å². The van der Waals surface area contributed by atoms with Crippen LogP contribution in [0.15, 0.2) is 33.1 Å². The second kappa shape index (κ2) is 8.34. The molecule has 10 heteroatoms. The molecule has 2 aromatic heterocycles. The van der Waals surface area contributed by atoms with Gasteiger partial charge in [0.2, 0.25) is 11.0 Å². The third-order valence-electron chi connectivity index (χ3n) is 4.35. The summed E-state index contributed by atoms with van der Waals surface area (Å²) in [6, 6.07) is 7.54. The zero-order valence-electron chi connectivity index (χ0n) is 15.9. The van der Waals surface area contributed by atoms with E-state index in [1.54, 1.807) is 6.07 Å². The van der Waals surface area contributed by atoms with Gasteiger partial charge < -0.3 is 9.84 Å². The first-order chi connectivity index (χ1) is 14.0. The lowest BCUT2D eigenvalue weighted by Crippen LogP contribution is -2.14. The molecule has 0 bridgehead atoms. The first-order valence-electron chi connectivity index (χ1n) is 9.09. The monoisotopic (exact) mass is 429 g/mol. The van der Waals surface area contributed by atoms with Crippen LogP contribution in [0.1, 0.15) is 46.1 Å². The van der Waals surface area contributed by atoms with Gasteiger partial charge in [0.05, 0.1) is 5.75 Å². The molecule has 1 aliphatic rings. The average Bonchev–Trinajstić information content (AvgIpc) is 3.24. The Hall–Kier alpha value is -2.72. The molecule has 2 amide bonds. The highest BCUT2D eigenvalue weighted by Crippen LogP contribution is 2.40. The molecular weight excluding hydrogens is 410 g/mol. The van der Waals surface area contributed by atoms with Crippen molar-refractivity contribution in [1.82, 2.24) is 15.4 Å². The molecule has 2 N–H and O–H groups in total. The van der Waals surface area contributed by atoms with E-state index in [0.717, 1.165) is 35.4 Å². The number of nitrogens with zero attached hydrogens (tertiary/aromatic N) is 3. The molecule has 0 aliphatic heterocycles. The van der Waals surface area contributed by atoms with Gasteiger partial charge in [0.25, 0.3) is 5.91 Å². The number of thioether (sulfide) groups is 1. The second-order valence-corrected chi connectivity index (χ2v) is 9.07. The van der Waals surface area contributed by atoms with Crippen LogP contribution >= 0.6 is 23.1 Å². The van der Waals surface area contributed by atoms with Crippen molar-refractivity contribution in [3.8, 4) is 0 Å². The van der Waals surface area contributed by atoms with Crippen molar-refractivity contribution in [3.05, 3.63) is 46.8 Å². The van der Waals surface area contributed by atoms with E-state index in [9.17, 15) is 9.59 Å². The first kappa shape index (κ1) is 19.6. The van der Waals surface area contributed by atoms with Gasteiger partial charge in [-0.15, -0.1) is 10.2 Å². The molecule has 1 aliphatic carbocycles. The summed E-state index contributed by atoms with van der Waals surface area (Å²) in [4.78, 5) is 24.4. The summed E-state index contributed by atoms with van der Waals surface area (Å²) >= 11 is 2.47. The third kappa shape index (κ3) is 5.01. The van der Waals surface area contributed by atoms with E-state index in [4.69, 9.17) is 4.52 Å². The van der Waals surface area contributed by atoms with Crippen LogP contribution in [0.4, 0.5) is 10.8 Å². The van der Waals surface area contributed by atoms with Crippen LogP contribution in [0.3, 0.4) is 0 Å². The summed E-state index contributed by atoms with van der Waals surface area (Å²) in [6.07, 6.45) is 2.15. The van der Waals surface area contributed by atoms with Crippen molar-refractivity contribution in [1.29, 1.82) is 0 Å². The zero-order chi connectivity index (χ0) is 20.4. The van der Waals surface area contributed by atoms with Crippen molar-refractivity contribution in [2.75, 3.05) is 16.4 Å². The Morgan fingerprint density at radius 3 is 2.79 bits per heavy atom.